The van der Waals surface area contributed by atoms with E-state index in [0.29, 0.717) is 67.0 Å². The van der Waals surface area contributed by atoms with Crippen LogP contribution in [0.25, 0.3) is 0 Å². The van der Waals surface area contributed by atoms with Crippen molar-refractivity contribution in [3.8, 4) is 11.5 Å². The third-order valence-corrected chi connectivity index (χ3v) is 20.3. The normalized spacial score (nSPS) is 30.8. The lowest BCUT2D eigenvalue weighted by Crippen LogP contribution is -2.62. The standard InChI is InChI=1S/C65H84N8O13/c1-39-6-22-60(83)72-28-26-70(40(2)74)35-56(79)66-33-42-7-9-43(10-8-42)34-67-57(80)36-71(41(3)75)27-29-73(38-59(82)69-47-13-17-49(18-14-47)86-48-15-11-46(12-16-48)68-58(81)37-72)61(84)23-21-53(76)63(85)44-24-25-64(4)45(30-44)31-54(77)62-51-20-19-50(39)65(51,5)55(78)32-52(62)64/h7-18,39,44-45,50-52,54-55,62,77-78H,6,19-38H2,1-5H3,(H,66,79)(H,67,80)(H,68,81)(H,69,82)/t39-,44?,45?,50?,51?,52?,54+,55-,62?,64-,65+/m1/s1. The number of ether oxygens (including phenoxy) is 1. The molecule has 3 aromatic carbocycles. The van der Waals surface area contributed by atoms with Crippen LogP contribution in [0.5, 0.6) is 11.5 Å². The molecule has 4 aliphatic carbocycles. The van der Waals surface area contributed by atoms with E-state index in [2.05, 4.69) is 42.0 Å². The molecule has 21 nitrogen and oxygen atoms in total. The Hall–Kier alpha value is -7.52. The van der Waals surface area contributed by atoms with Crippen molar-refractivity contribution in [3.05, 3.63) is 83.9 Å². The Morgan fingerprint density at radius 1 is 0.558 bits per heavy atom. The second-order valence-corrected chi connectivity index (χ2v) is 25.5. The zero-order valence-electron chi connectivity index (χ0n) is 50.1. The third-order valence-electron chi connectivity index (χ3n) is 20.3. The quantitative estimate of drug-likeness (QED) is 0.158. The van der Waals surface area contributed by atoms with E-state index in [0.717, 1.165) is 18.4 Å². The smallest absolute Gasteiger partial charge is 0.243 e. The number of rotatable bonds is 0. The number of benzene rings is 3. The van der Waals surface area contributed by atoms with Crippen molar-refractivity contribution in [1.29, 1.82) is 0 Å². The van der Waals surface area contributed by atoms with E-state index in [1.165, 1.54) is 33.4 Å². The summed E-state index contributed by atoms with van der Waals surface area (Å²) in [6.07, 6.45) is 2.17. The van der Waals surface area contributed by atoms with Crippen LogP contribution >= 0.6 is 0 Å². The summed E-state index contributed by atoms with van der Waals surface area (Å²) in [5.41, 5.74) is 1.31. The molecule has 8 amide bonds. The molecule has 11 atom stereocenters. The summed E-state index contributed by atoms with van der Waals surface area (Å²) in [5, 5.41) is 36.0. The highest BCUT2D eigenvalue weighted by Gasteiger charge is 2.66. The molecular weight excluding hydrogens is 1100 g/mol. The Bertz CT molecular complexity index is 3050. The van der Waals surface area contributed by atoms with Crippen molar-refractivity contribution in [2.45, 2.75) is 131 Å². The summed E-state index contributed by atoms with van der Waals surface area (Å²) < 4.78 is 6.06. The lowest BCUT2D eigenvalue weighted by Gasteiger charge is -2.63. The number of amides is 8. The number of aliphatic hydroxyl groups excluding tert-OH is 2. The van der Waals surface area contributed by atoms with E-state index >= 15 is 0 Å². The van der Waals surface area contributed by atoms with Crippen molar-refractivity contribution >= 4 is 70.2 Å². The maximum absolute atomic E-state index is 14.5. The summed E-state index contributed by atoms with van der Waals surface area (Å²) >= 11 is 0. The van der Waals surface area contributed by atoms with Crippen molar-refractivity contribution < 1.29 is 62.9 Å². The lowest BCUT2D eigenvalue weighted by atomic mass is 9.42. The van der Waals surface area contributed by atoms with Gasteiger partial charge in [0.25, 0.3) is 0 Å². The molecule has 14 heterocycles. The molecule has 21 heteroatoms. The van der Waals surface area contributed by atoms with Crippen LogP contribution in [-0.4, -0.2) is 153 Å². The molecule has 6 unspecified atom stereocenters. The topological polar surface area (TPSA) is 281 Å². The minimum atomic E-state index is -0.716. The van der Waals surface area contributed by atoms with E-state index < -0.39 is 95.8 Å². The van der Waals surface area contributed by atoms with E-state index in [4.69, 9.17) is 4.74 Å². The summed E-state index contributed by atoms with van der Waals surface area (Å²) in [5.74, 6) is -5.26. The average molecular weight is 1190 g/mol. The van der Waals surface area contributed by atoms with Crippen LogP contribution in [0, 0.1) is 52.3 Å². The van der Waals surface area contributed by atoms with Gasteiger partial charge in [-0.3, -0.25) is 47.9 Å². The molecule has 18 aliphatic rings. The van der Waals surface area contributed by atoms with Crippen molar-refractivity contribution in [2.75, 3.05) is 63.0 Å². The molecule has 16 bridgehead atoms. The number of carbonyl (C=O) groups excluding carboxylic acids is 10. The minimum Gasteiger partial charge on any atom is -0.457 e. The number of nitrogens with one attached hydrogen (secondary N) is 4. The third kappa shape index (κ3) is 14.5. The van der Waals surface area contributed by atoms with Gasteiger partial charge >= 0.3 is 0 Å². The van der Waals surface area contributed by atoms with E-state index in [-0.39, 0.29) is 112 Å². The Morgan fingerprint density at radius 3 is 1.57 bits per heavy atom. The van der Waals surface area contributed by atoms with Gasteiger partial charge in [-0.15, -0.1) is 0 Å². The van der Waals surface area contributed by atoms with Crippen molar-refractivity contribution in [3.63, 3.8) is 0 Å². The van der Waals surface area contributed by atoms with Gasteiger partial charge in [-0.1, -0.05) is 45.0 Å². The maximum Gasteiger partial charge on any atom is 0.243 e. The zero-order valence-corrected chi connectivity index (χ0v) is 50.1. The van der Waals surface area contributed by atoms with E-state index in [9.17, 15) is 58.2 Å². The first-order valence-corrected chi connectivity index (χ1v) is 30.6. The van der Waals surface area contributed by atoms with Crippen LogP contribution in [0.2, 0.25) is 0 Å². The van der Waals surface area contributed by atoms with Gasteiger partial charge in [-0.25, -0.2) is 0 Å². The fourth-order valence-electron chi connectivity index (χ4n) is 15.3. The largest absolute Gasteiger partial charge is 0.457 e. The molecule has 0 radical (unpaired) electrons. The number of carbonyl (C=O) groups is 10. The minimum absolute atomic E-state index is 0.00760. The van der Waals surface area contributed by atoms with Crippen LogP contribution in [0.4, 0.5) is 11.4 Å². The van der Waals surface area contributed by atoms with Gasteiger partial charge in [-0.2, -0.15) is 0 Å². The number of aliphatic hydroxyl groups is 2. The Balaban J connectivity index is 1.03. The number of anilines is 2. The first kappa shape index (κ1) is 63.0. The molecule has 6 N–H and O–H groups in total. The fraction of sp³-hybridized carbons (Fsp3) is 0.569. The van der Waals surface area contributed by atoms with Crippen LogP contribution in [0.1, 0.15) is 116 Å². The number of hydrogen-bond donors (Lipinski definition) is 6. The van der Waals surface area contributed by atoms with E-state index in [1.807, 2.05) is 0 Å². The van der Waals surface area contributed by atoms with Crippen LogP contribution in [0.15, 0.2) is 72.8 Å². The number of ketones is 2. The molecule has 0 saturated heterocycles. The maximum atomic E-state index is 14.5. The van der Waals surface area contributed by atoms with Crippen LogP contribution in [-0.2, 0) is 61.0 Å². The fourth-order valence-corrected chi connectivity index (χ4v) is 15.3. The summed E-state index contributed by atoms with van der Waals surface area (Å²) in [6.45, 7) is 7.29. The first-order valence-electron chi connectivity index (χ1n) is 30.6. The molecule has 462 valence electrons. The molecule has 4 saturated carbocycles. The second kappa shape index (κ2) is 27.0. The monoisotopic (exact) mass is 1180 g/mol. The molecule has 86 heavy (non-hydrogen) atoms. The summed E-state index contributed by atoms with van der Waals surface area (Å²) in [4.78, 5) is 142. The highest BCUT2D eigenvalue weighted by molar-refractivity contribution is 6.38. The van der Waals surface area contributed by atoms with Crippen molar-refractivity contribution in [1.82, 2.24) is 30.2 Å². The Kier molecular flexibility index (Phi) is 19.8. The predicted molar refractivity (Wildman–Crippen MR) is 317 cm³/mol. The number of hydrogen-bond acceptors (Lipinski definition) is 13. The SMILES string of the molecule is CC(=O)N1CCN2CC(=O)Nc3ccc(cc3)Oc3ccc(cc3)NC(=O)CN(CCN(C(C)=O)CC(=O)NCc3ccc(cc3)CNC(=O)C1)C(=O)CC[C@@H](C)C1CCC3C4C(C[C@@H](O)[C@]31C)[C@]1(C)CCC(CC1C[C@@H]4O)C(=O)C(=O)CCC2=O. The number of nitrogens with zero attached hydrogens (tertiary/aromatic N) is 4. The van der Waals surface area contributed by atoms with Gasteiger partial charge in [0, 0.05) is 89.7 Å². The molecule has 3 aromatic rings. The van der Waals surface area contributed by atoms with Gasteiger partial charge < -0.3 is 55.8 Å². The Morgan fingerprint density at radius 2 is 1.06 bits per heavy atom. The van der Waals surface area contributed by atoms with Gasteiger partial charge in [0.05, 0.1) is 38.4 Å². The first-order chi connectivity index (χ1) is 41.0. The predicted octanol–water partition coefficient (Wildman–Crippen LogP) is 5.22. The van der Waals surface area contributed by atoms with E-state index in [1.54, 1.807) is 72.8 Å². The Labute approximate surface area is 502 Å². The molecule has 0 spiro atoms. The van der Waals surface area contributed by atoms with Gasteiger partial charge in [0.15, 0.2) is 5.78 Å². The zero-order chi connectivity index (χ0) is 61.6. The van der Waals surface area contributed by atoms with Gasteiger partial charge in [0.2, 0.25) is 53.0 Å². The highest BCUT2D eigenvalue weighted by atomic mass is 16.5. The molecule has 21 rings (SSSR count). The van der Waals surface area contributed by atoms with Crippen LogP contribution in [0.3, 0.4) is 0 Å². The van der Waals surface area contributed by atoms with Gasteiger partial charge in [-0.05, 0) is 157 Å². The van der Waals surface area contributed by atoms with Crippen LogP contribution < -0.4 is 26.0 Å². The summed E-state index contributed by atoms with van der Waals surface area (Å²) in [6, 6.07) is 20.1. The molecular formula is C65H84N8O13. The van der Waals surface area contributed by atoms with Crippen molar-refractivity contribution in [2.24, 2.45) is 52.3 Å². The second-order valence-electron chi connectivity index (χ2n) is 25.5. The summed E-state index contributed by atoms with van der Waals surface area (Å²) in [7, 11) is 0. The van der Waals surface area contributed by atoms with Gasteiger partial charge in [0.1, 0.15) is 11.5 Å². The molecule has 14 aliphatic heterocycles. The average Bonchev–Trinajstić information content (AvgIpc) is 1.36. The lowest BCUT2D eigenvalue weighted by molar-refractivity contribution is -0.204. The number of fused-ring (bicyclic) bond motifs is 1. The highest BCUT2D eigenvalue weighted by Crippen LogP contribution is 2.69. The molecule has 4 fully saturated rings. The molecule has 0 aromatic heterocycles. The number of Topliss-reactive ketones (excluding diaryl/α,β-unsaturated/α-hetero) is 2.